The van der Waals surface area contributed by atoms with Crippen LogP contribution >= 0.6 is 11.3 Å². The van der Waals surface area contributed by atoms with E-state index in [4.69, 9.17) is 0 Å². The Kier molecular flexibility index (Phi) is 3.22. The van der Waals surface area contributed by atoms with Gasteiger partial charge in [0.2, 0.25) is 0 Å². The van der Waals surface area contributed by atoms with Gasteiger partial charge in [-0.2, -0.15) is 0 Å². The van der Waals surface area contributed by atoms with E-state index in [1.807, 2.05) is 12.1 Å². The number of thiazole rings is 1. The Morgan fingerprint density at radius 1 is 1.47 bits per heavy atom. The molecule has 1 aliphatic rings. The Labute approximate surface area is 116 Å². The molecule has 2 heterocycles. The van der Waals surface area contributed by atoms with E-state index >= 15 is 0 Å². The van der Waals surface area contributed by atoms with E-state index in [9.17, 15) is 8.42 Å². The molecule has 1 N–H and O–H groups in total. The second kappa shape index (κ2) is 4.76. The Bertz CT molecular complexity index is 707. The molecule has 0 radical (unpaired) electrons. The molecule has 1 saturated heterocycles. The lowest BCUT2D eigenvalue weighted by molar-refractivity contribution is 0.591. The van der Waals surface area contributed by atoms with Crippen LogP contribution in [0.1, 0.15) is 18.4 Å². The fourth-order valence-corrected chi connectivity index (χ4v) is 5.13. The molecule has 0 amide bonds. The summed E-state index contributed by atoms with van der Waals surface area (Å²) in [6, 6.07) is 6.14. The quantitative estimate of drug-likeness (QED) is 0.946. The average molecular weight is 296 g/mol. The zero-order chi connectivity index (χ0) is 13.5. The molecule has 1 aromatic carbocycles. The lowest BCUT2D eigenvalue weighted by atomic mass is 10.2. The number of aryl methyl sites for hydroxylation is 1. The van der Waals surface area contributed by atoms with Gasteiger partial charge in [-0.1, -0.05) is 17.4 Å². The van der Waals surface area contributed by atoms with Gasteiger partial charge in [0, 0.05) is 6.54 Å². The summed E-state index contributed by atoms with van der Waals surface area (Å²) in [5, 5.41) is 3.74. The molecule has 0 bridgehead atoms. The molecule has 19 heavy (non-hydrogen) atoms. The topological polar surface area (TPSA) is 59.1 Å². The highest BCUT2D eigenvalue weighted by Gasteiger charge is 2.30. The fraction of sp³-hybridized carbons (Fsp3) is 0.462. The largest absolute Gasteiger partial charge is 0.360 e. The molecule has 6 heteroatoms. The number of rotatable bonds is 3. The van der Waals surface area contributed by atoms with E-state index in [1.54, 1.807) is 11.3 Å². The standard InChI is InChI=1S/C13H16N2O2S2/c1-9-4-5-11-12(7-9)18-13(15-11)14-8-10-3-2-6-19(10,16)17/h4-5,7,10H,2-3,6,8H2,1H3,(H,14,15). The van der Waals surface area contributed by atoms with Crippen LogP contribution in [-0.4, -0.2) is 30.9 Å². The second-order valence-electron chi connectivity index (χ2n) is 5.00. The van der Waals surface area contributed by atoms with Crippen LogP contribution < -0.4 is 5.32 Å². The lowest BCUT2D eigenvalue weighted by Crippen LogP contribution is -2.24. The van der Waals surface area contributed by atoms with Crippen LogP contribution in [-0.2, 0) is 9.84 Å². The highest BCUT2D eigenvalue weighted by Crippen LogP contribution is 2.27. The van der Waals surface area contributed by atoms with Crippen molar-refractivity contribution in [2.24, 2.45) is 0 Å². The zero-order valence-corrected chi connectivity index (χ0v) is 12.4. The van der Waals surface area contributed by atoms with E-state index in [2.05, 4.69) is 23.3 Å². The number of benzene rings is 1. The van der Waals surface area contributed by atoms with E-state index in [0.29, 0.717) is 12.3 Å². The number of nitrogens with zero attached hydrogens (tertiary/aromatic N) is 1. The summed E-state index contributed by atoms with van der Waals surface area (Å²) in [5.74, 6) is 0.332. The van der Waals surface area contributed by atoms with Gasteiger partial charge in [0.1, 0.15) is 0 Å². The van der Waals surface area contributed by atoms with Crippen LogP contribution in [0.25, 0.3) is 10.2 Å². The maximum atomic E-state index is 11.7. The van der Waals surface area contributed by atoms with Crippen LogP contribution in [0.2, 0.25) is 0 Å². The monoisotopic (exact) mass is 296 g/mol. The van der Waals surface area contributed by atoms with Crippen molar-refractivity contribution in [2.75, 3.05) is 17.6 Å². The normalized spacial score (nSPS) is 21.8. The average Bonchev–Trinajstić information content (AvgIpc) is 2.88. The molecule has 0 aliphatic carbocycles. The van der Waals surface area contributed by atoms with Gasteiger partial charge in [0.15, 0.2) is 15.0 Å². The molecule has 4 nitrogen and oxygen atoms in total. The third-order valence-corrected chi connectivity index (χ3v) is 6.74. The van der Waals surface area contributed by atoms with E-state index in [1.165, 1.54) is 5.56 Å². The first-order chi connectivity index (χ1) is 9.04. The van der Waals surface area contributed by atoms with Gasteiger partial charge < -0.3 is 5.32 Å². The van der Waals surface area contributed by atoms with Crippen molar-refractivity contribution in [3.8, 4) is 0 Å². The smallest absolute Gasteiger partial charge is 0.183 e. The SMILES string of the molecule is Cc1ccc2nc(NCC3CCCS3(=O)=O)sc2c1. The predicted molar refractivity (Wildman–Crippen MR) is 79.7 cm³/mol. The van der Waals surface area contributed by atoms with E-state index < -0.39 is 9.84 Å². The molecule has 3 rings (SSSR count). The van der Waals surface area contributed by atoms with E-state index in [0.717, 1.165) is 28.2 Å². The number of aromatic nitrogens is 1. The van der Waals surface area contributed by atoms with Gasteiger partial charge in [0.25, 0.3) is 0 Å². The summed E-state index contributed by atoms with van der Waals surface area (Å²) in [5.41, 5.74) is 2.17. The van der Waals surface area contributed by atoms with Crippen LogP contribution in [0.5, 0.6) is 0 Å². The molecule has 0 saturated carbocycles. The molecule has 102 valence electrons. The maximum Gasteiger partial charge on any atom is 0.183 e. The molecule has 2 aromatic rings. The van der Waals surface area contributed by atoms with Crippen molar-refractivity contribution in [3.63, 3.8) is 0 Å². The molecule has 0 spiro atoms. The molecular weight excluding hydrogens is 280 g/mol. The summed E-state index contributed by atoms with van der Waals surface area (Å²) >= 11 is 1.58. The van der Waals surface area contributed by atoms with Crippen molar-refractivity contribution >= 4 is 36.5 Å². The highest BCUT2D eigenvalue weighted by atomic mass is 32.2. The Morgan fingerprint density at radius 2 is 2.32 bits per heavy atom. The van der Waals surface area contributed by atoms with Gasteiger partial charge in [-0.25, -0.2) is 13.4 Å². The van der Waals surface area contributed by atoms with Crippen LogP contribution in [0.4, 0.5) is 5.13 Å². The molecule has 1 atom stereocenters. The third kappa shape index (κ3) is 2.60. The minimum absolute atomic E-state index is 0.249. The summed E-state index contributed by atoms with van der Waals surface area (Å²) < 4.78 is 24.6. The molecular formula is C13H16N2O2S2. The Morgan fingerprint density at radius 3 is 3.05 bits per heavy atom. The fourth-order valence-electron chi connectivity index (χ4n) is 2.40. The van der Waals surface area contributed by atoms with Gasteiger partial charge in [-0.05, 0) is 37.5 Å². The Hall–Kier alpha value is -1.14. The highest BCUT2D eigenvalue weighted by molar-refractivity contribution is 7.92. The summed E-state index contributed by atoms with van der Waals surface area (Å²) in [4.78, 5) is 4.48. The minimum Gasteiger partial charge on any atom is -0.360 e. The number of hydrogen-bond donors (Lipinski definition) is 1. The molecule has 1 unspecified atom stereocenters. The lowest BCUT2D eigenvalue weighted by Gasteiger charge is -2.09. The van der Waals surface area contributed by atoms with Gasteiger partial charge in [0.05, 0.1) is 21.2 Å². The second-order valence-corrected chi connectivity index (χ2v) is 8.43. The zero-order valence-electron chi connectivity index (χ0n) is 10.7. The number of nitrogens with one attached hydrogen (secondary N) is 1. The van der Waals surface area contributed by atoms with Gasteiger partial charge in [-0.3, -0.25) is 0 Å². The van der Waals surface area contributed by atoms with Crippen molar-refractivity contribution < 1.29 is 8.42 Å². The number of hydrogen-bond acceptors (Lipinski definition) is 5. The summed E-state index contributed by atoms with van der Waals surface area (Å²) in [7, 11) is -2.88. The first-order valence-corrected chi connectivity index (χ1v) is 8.90. The van der Waals surface area contributed by atoms with Gasteiger partial charge in [-0.15, -0.1) is 0 Å². The van der Waals surface area contributed by atoms with Crippen molar-refractivity contribution in [1.82, 2.24) is 4.98 Å². The van der Waals surface area contributed by atoms with Crippen LogP contribution in [0.3, 0.4) is 0 Å². The first-order valence-electron chi connectivity index (χ1n) is 6.37. The maximum absolute atomic E-state index is 11.7. The summed E-state index contributed by atoms with van der Waals surface area (Å²) in [6.07, 6.45) is 1.55. The first kappa shape index (κ1) is 12.9. The van der Waals surface area contributed by atoms with Gasteiger partial charge >= 0.3 is 0 Å². The number of fused-ring (bicyclic) bond motifs is 1. The van der Waals surface area contributed by atoms with Crippen molar-refractivity contribution in [2.45, 2.75) is 25.0 Å². The van der Waals surface area contributed by atoms with Crippen molar-refractivity contribution in [3.05, 3.63) is 23.8 Å². The molecule has 1 aromatic heterocycles. The van der Waals surface area contributed by atoms with Crippen LogP contribution in [0, 0.1) is 6.92 Å². The molecule has 1 aliphatic heterocycles. The van der Waals surface area contributed by atoms with Crippen molar-refractivity contribution in [1.29, 1.82) is 0 Å². The summed E-state index contributed by atoms with van der Waals surface area (Å²) in [6.45, 7) is 2.53. The Balaban J connectivity index is 1.75. The predicted octanol–water partition coefficient (Wildman–Crippen LogP) is 2.59. The van der Waals surface area contributed by atoms with Crippen LogP contribution in [0.15, 0.2) is 18.2 Å². The third-order valence-electron chi connectivity index (χ3n) is 3.49. The van der Waals surface area contributed by atoms with E-state index in [-0.39, 0.29) is 5.25 Å². The number of anilines is 1. The number of sulfone groups is 1. The molecule has 1 fully saturated rings. The minimum atomic E-state index is -2.88.